The van der Waals surface area contributed by atoms with Crippen LogP contribution in [-0.4, -0.2) is 48.6 Å². The first kappa shape index (κ1) is 35.9. The van der Waals surface area contributed by atoms with Crippen molar-refractivity contribution in [3.05, 3.63) is 121 Å². The van der Waals surface area contributed by atoms with Crippen molar-refractivity contribution < 1.29 is 23.2 Å². The number of ether oxygens (including phenoxy) is 2. The van der Waals surface area contributed by atoms with Crippen LogP contribution >= 0.6 is 44.5 Å². The van der Waals surface area contributed by atoms with Crippen LogP contribution in [0.5, 0.6) is 17.2 Å². The summed E-state index contributed by atoms with van der Waals surface area (Å²) < 4.78 is 40.5. The van der Waals surface area contributed by atoms with Gasteiger partial charge in [-0.25, -0.2) is 13.8 Å². The molecule has 1 heterocycles. The number of hydrogen-bond donors (Lipinski definition) is 1. The molecule has 0 atom stereocenters. The monoisotopic (exact) mass is 793 g/mol. The lowest BCUT2D eigenvalue weighted by atomic mass is 10.2. The van der Waals surface area contributed by atoms with Gasteiger partial charge in [0.25, 0.3) is 0 Å². The fourth-order valence-electron chi connectivity index (χ4n) is 4.95. The standard InChI is InChI=1S/C33H31BrClF2N5O4.BrH/c1-2-45-32-18-26(8-11-30(32)42(43)44)40-13-15-41(16-14-40)33(38-20-22-3-5-24(34)6-4-22)39-21-23-17-25(36)7-12-31(23)46-27-9-10-29(37)28(35)19-27;/h3-12,17-19H,2,13-16,20-21H2,1H3,(H,38,39);1H. The summed E-state index contributed by atoms with van der Waals surface area (Å²) in [6, 6.07) is 21.0. The Kier molecular flexibility index (Phi) is 12.8. The third kappa shape index (κ3) is 9.55. The van der Waals surface area contributed by atoms with Crippen molar-refractivity contribution in [2.24, 2.45) is 4.99 Å². The molecule has 47 heavy (non-hydrogen) atoms. The van der Waals surface area contributed by atoms with Crippen molar-refractivity contribution in [1.82, 2.24) is 10.2 Å². The number of hydrogen-bond acceptors (Lipinski definition) is 6. The number of guanidine groups is 1. The summed E-state index contributed by atoms with van der Waals surface area (Å²) >= 11 is 9.39. The smallest absolute Gasteiger partial charge is 0.311 e. The molecule has 0 spiro atoms. The highest BCUT2D eigenvalue weighted by Gasteiger charge is 2.23. The summed E-state index contributed by atoms with van der Waals surface area (Å²) in [6.45, 7) is 5.18. The van der Waals surface area contributed by atoms with E-state index in [1.54, 1.807) is 19.1 Å². The first-order chi connectivity index (χ1) is 22.2. The largest absolute Gasteiger partial charge is 0.487 e. The van der Waals surface area contributed by atoms with E-state index in [1.165, 1.54) is 42.5 Å². The van der Waals surface area contributed by atoms with Crippen LogP contribution in [0, 0.1) is 21.7 Å². The van der Waals surface area contributed by atoms with Gasteiger partial charge in [-0.1, -0.05) is 39.7 Å². The highest BCUT2D eigenvalue weighted by atomic mass is 79.9. The zero-order valence-electron chi connectivity index (χ0n) is 25.3. The molecule has 5 rings (SSSR count). The molecule has 4 aromatic carbocycles. The number of nitro benzene ring substituents is 1. The van der Waals surface area contributed by atoms with Gasteiger partial charge in [0.2, 0.25) is 0 Å². The average molecular weight is 796 g/mol. The third-order valence-corrected chi connectivity index (χ3v) is 8.11. The Balaban J connectivity index is 0.00000500. The summed E-state index contributed by atoms with van der Waals surface area (Å²) in [4.78, 5) is 20.1. The van der Waals surface area contributed by atoms with Crippen LogP contribution in [0.4, 0.5) is 20.2 Å². The Morgan fingerprint density at radius 2 is 1.74 bits per heavy atom. The van der Waals surface area contributed by atoms with Gasteiger partial charge in [0, 0.05) is 66.6 Å². The highest BCUT2D eigenvalue weighted by Crippen LogP contribution is 2.33. The molecule has 1 fully saturated rings. The Hall–Kier alpha value is -3.94. The molecule has 0 saturated carbocycles. The molecule has 14 heteroatoms. The van der Waals surface area contributed by atoms with Gasteiger partial charge >= 0.3 is 5.69 Å². The Morgan fingerprint density at radius 1 is 1.00 bits per heavy atom. The van der Waals surface area contributed by atoms with Gasteiger partial charge in [0.1, 0.15) is 23.1 Å². The van der Waals surface area contributed by atoms with E-state index in [1.807, 2.05) is 24.3 Å². The molecule has 9 nitrogen and oxygen atoms in total. The maximum Gasteiger partial charge on any atom is 0.311 e. The number of rotatable bonds is 10. The van der Waals surface area contributed by atoms with Crippen LogP contribution in [0.1, 0.15) is 18.1 Å². The number of aliphatic imine (C=N–C) groups is 1. The number of nitrogens with zero attached hydrogens (tertiary/aromatic N) is 4. The van der Waals surface area contributed by atoms with Gasteiger partial charge in [-0.3, -0.25) is 10.1 Å². The fourth-order valence-corrected chi connectivity index (χ4v) is 5.38. The molecule has 1 aliphatic heterocycles. The Morgan fingerprint density at radius 3 is 2.43 bits per heavy atom. The molecular weight excluding hydrogens is 764 g/mol. The van der Waals surface area contributed by atoms with Gasteiger partial charge < -0.3 is 24.6 Å². The topological polar surface area (TPSA) is 92.5 Å². The second-order valence-corrected chi connectivity index (χ2v) is 11.7. The van der Waals surface area contributed by atoms with Gasteiger partial charge in [0.15, 0.2) is 11.7 Å². The van der Waals surface area contributed by atoms with Crippen molar-refractivity contribution in [3.8, 4) is 17.2 Å². The zero-order chi connectivity index (χ0) is 32.6. The molecule has 4 aromatic rings. The molecule has 248 valence electrons. The number of benzene rings is 4. The van der Waals surface area contributed by atoms with E-state index in [0.717, 1.165) is 15.7 Å². The van der Waals surface area contributed by atoms with E-state index in [4.69, 9.17) is 26.1 Å². The van der Waals surface area contributed by atoms with Crippen LogP contribution in [-0.2, 0) is 13.1 Å². The summed E-state index contributed by atoms with van der Waals surface area (Å²) in [5.74, 6) is 0.571. The molecule has 1 N–H and O–H groups in total. The molecule has 0 aromatic heterocycles. The minimum absolute atomic E-state index is 0. The van der Waals surface area contributed by atoms with Crippen molar-refractivity contribution in [2.75, 3.05) is 37.7 Å². The summed E-state index contributed by atoms with van der Waals surface area (Å²) in [6.07, 6.45) is 0. The maximum absolute atomic E-state index is 14.4. The second-order valence-electron chi connectivity index (χ2n) is 10.4. The van der Waals surface area contributed by atoms with Gasteiger partial charge in [-0.2, -0.15) is 0 Å². The fraction of sp³-hybridized carbons (Fsp3) is 0.242. The van der Waals surface area contributed by atoms with Crippen LogP contribution in [0.2, 0.25) is 5.02 Å². The SMILES string of the molecule is Br.CCOc1cc(N2CCN(C(=NCc3ccc(Br)cc3)NCc3cc(F)ccc3Oc3ccc(F)c(Cl)c3)CC2)ccc1[N+](=O)[O-]. The maximum atomic E-state index is 14.4. The Bertz CT molecular complexity index is 1720. The molecular formula is C33H32Br2ClF2N5O4. The lowest BCUT2D eigenvalue weighted by molar-refractivity contribution is -0.385. The predicted octanol–water partition coefficient (Wildman–Crippen LogP) is 8.53. The van der Waals surface area contributed by atoms with E-state index in [2.05, 4.69) is 31.0 Å². The van der Waals surface area contributed by atoms with Gasteiger partial charge in [-0.15, -0.1) is 17.0 Å². The lowest BCUT2D eigenvalue weighted by Crippen LogP contribution is -2.52. The summed E-state index contributed by atoms with van der Waals surface area (Å²) in [5, 5.41) is 14.7. The van der Waals surface area contributed by atoms with Crippen LogP contribution < -0.4 is 19.7 Å². The third-order valence-electron chi connectivity index (χ3n) is 7.29. The van der Waals surface area contributed by atoms with Gasteiger partial charge in [-0.05, 0) is 61.0 Å². The van der Waals surface area contributed by atoms with Crippen molar-refractivity contribution in [3.63, 3.8) is 0 Å². The van der Waals surface area contributed by atoms with E-state index in [0.29, 0.717) is 62.4 Å². The van der Waals surface area contributed by atoms with E-state index in [-0.39, 0.29) is 40.0 Å². The van der Waals surface area contributed by atoms with E-state index < -0.39 is 16.6 Å². The summed E-state index contributed by atoms with van der Waals surface area (Å²) in [7, 11) is 0. The van der Waals surface area contributed by atoms with Crippen molar-refractivity contribution in [2.45, 2.75) is 20.0 Å². The molecule has 0 radical (unpaired) electrons. The highest BCUT2D eigenvalue weighted by molar-refractivity contribution is 9.10. The quantitative estimate of drug-likeness (QED) is 0.0745. The summed E-state index contributed by atoms with van der Waals surface area (Å²) in [5.41, 5.74) is 2.31. The molecule has 0 bridgehead atoms. The van der Waals surface area contributed by atoms with Crippen LogP contribution in [0.25, 0.3) is 0 Å². The molecule has 1 saturated heterocycles. The van der Waals surface area contributed by atoms with Gasteiger partial charge in [0.05, 0.1) is 23.1 Å². The molecule has 0 unspecified atom stereocenters. The van der Waals surface area contributed by atoms with E-state index >= 15 is 0 Å². The minimum Gasteiger partial charge on any atom is -0.487 e. The molecule has 1 aliphatic rings. The second kappa shape index (κ2) is 16.8. The number of halogens is 5. The first-order valence-corrected chi connectivity index (χ1v) is 15.7. The number of nitrogens with one attached hydrogen (secondary N) is 1. The predicted molar refractivity (Wildman–Crippen MR) is 188 cm³/mol. The lowest BCUT2D eigenvalue weighted by Gasteiger charge is -2.38. The van der Waals surface area contributed by atoms with Crippen molar-refractivity contribution >= 4 is 61.8 Å². The van der Waals surface area contributed by atoms with Crippen molar-refractivity contribution in [1.29, 1.82) is 0 Å². The normalized spacial score (nSPS) is 13.2. The number of piperazine rings is 1. The Labute approximate surface area is 295 Å². The zero-order valence-corrected chi connectivity index (χ0v) is 29.4. The van der Waals surface area contributed by atoms with Crippen LogP contribution in [0.15, 0.2) is 88.3 Å². The molecule has 0 amide bonds. The first-order valence-electron chi connectivity index (χ1n) is 14.6. The average Bonchev–Trinajstić information content (AvgIpc) is 3.05. The van der Waals surface area contributed by atoms with E-state index in [9.17, 15) is 18.9 Å². The minimum atomic E-state index is -0.565. The number of anilines is 1. The number of nitro groups is 1. The van der Waals surface area contributed by atoms with Crippen LogP contribution in [0.3, 0.4) is 0 Å². The molecule has 0 aliphatic carbocycles.